The zero-order chi connectivity index (χ0) is 10.6. The van der Waals surface area contributed by atoms with E-state index in [-0.39, 0.29) is 46.0 Å². The number of allylic oxidation sites excluding steroid dienone is 8. The molecule has 2 aliphatic carbocycles. The van der Waals surface area contributed by atoms with Crippen molar-refractivity contribution in [2.24, 2.45) is 0 Å². The molecule has 0 fully saturated rings. The fourth-order valence-electron chi connectivity index (χ4n) is 1.30. The third kappa shape index (κ3) is 7.95. The van der Waals surface area contributed by atoms with Crippen LogP contribution in [0.1, 0.15) is 40.5 Å². The minimum Gasteiger partial charge on any atom is -1.00 e. The van der Waals surface area contributed by atoms with E-state index in [9.17, 15) is 0 Å². The van der Waals surface area contributed by atoms with Crippen LogP contribution in [-0.2, 0) is 26.2 Å². The summed E-state index contributed by atoms with van der Waals surface area (Å²) in [6.07, 6.45) is 12.8. The molecule has 0 aromatic carbocycles. The van der Waals surface area contributed by atoms with Crippen LogP contribution < -0.4 is 12.4 Å². The number of rotatable bonds is 0. The van der Waals surface area contributed by atoms with Crippen LogP contribution in [0.3, 0.4) is 0 Å². The number of hydrogen-bond donors (Lipinski definition) is 0. The standard InChI is InChI=1S/2C7H9.CH3.ClH.Zr/c2*1-6-4-3-5-7(6)2;;;/h2*4H,3H2,1-2H3;1H3;1H;/q3*-1;;+4/p-1. The molecular formula is C15H21ClZr. The Balaban J connectivity index is -0.000000196. The molecule has 0 heterocycles. The first-order chi connectivity index (χ1) is 6.61. The third-order valence-corrected chi connectivity index (χ3v) is 2.73. The first-order valence-corrected chi connectivity index (χ1v) is 5.10. The van der Waals surface area contributed by atoms with Crippen molar-refractivity contribution in [3.8, 4) is 0 Å². The van der Waals surface area contributed by atoms with Gasteiger partial charge in [0.1, 0.15) is 0 Å². The molecule has 0 N–H and O–H groups in total. The Bertz CT molecular complexity index is 267. The molecule has 0 saturated heterocycles. The Morgan fingerprint density at radius 3 is 1.18 bits per heavy atom. The summed E-state index contributed by atoms with van der Waals surface area (Å²) in [5.41, 5.74) is 5.42. The molecule has 0 aromatic heterocycles. The molecule has 0 amide bonds. The molecule has 0 radical (unpaired) electrons. The zero-order valence-corrected chi connectivity index (χ0v) is 14.7. The van der Waals surface area contributed by atoms with E-state index < -0.39 is 0 Å². The molecular weight excluding hydrogens is 307 g/mol. The third-order valence-electron chi connectivity index (χ3n) is 2.73. The van der Waals surface area contributed by atoms with Crippen molar-refractivity contribution < 1.29 is 38.6 Å². The minimum absolute atomic E-state index is 0. The largest absolute Gasteiger partial charge is 4.00 e. The second-order valence-electron chi connectivity index (χ2n) is 3.79. The monoisotopic (exact) mass is 326 g/mol. The van der Waals surface area contributed by atoms with Gasteiger partial charge in [-0.3, -0.25) is 12.2 Å². The molecule has 0 atom stereocenters. The molecule has 0 aliphatic heterocycles. The van der Waals surface area contributed by atoms with E-state index in [1.807, 2.05) is 0 Å². The number of hydrogen-bond acceptors (Lipinski definition) is 0. The van der Waals surface area contributed by atoms with Crippen LogP contribution in [0.4, 0.5) is 0 Å². The van der Waals surface area contributed by atoms with Crippen LogP contribution in [0, 0.1) is 19.6 Å². The van der Waals surface area contributed by atoms with Gasteiger partial charge in [-0.25, -0.2) is 22.3 Å². The summed E-state index contributed by atoms with van der Waals surface area (Å²) >= 11 is 0. The Labute approximate surface area is 132 Å². The van der Waals surface area contributed by atoms with Crippen molar-refractivity contribution in [2.45, 2.75) is 40.5 Å². The molecule has 0 unspecified atom stereocenters. The smallest absolute Gasteiger partial charge is 1.00 e. The SMILES string of the molecule is CC1=[C-]CC=C1C.CC1=[C-]CC=C1C.[CH3-].[Cl-].[Zr+4]. The van der Waals surface area contributed by atoms with E-state index in [2.05, 4.69) is 52.0 Å². The fraction of sp³-hybridized carbons (Fsp3) is 0.400. The molecule has 2 aliphatic rings. The van der Waals surface area contributed by atoms with E-state index in [1.165, 1.54) is 22.3 Å². The van der Waals surface area contributed by atoms with E-state index in [0.717, 1.165) is 12.8 Å². The van der Waals surface area contributed by atoms with Gasteiger partial charge in [-0.2, -0.15) is 12.2 Å². The van der Waals surface area contributed by atoms with E-state index in [4.69, 9.17) is 0 Å². The second kappa shape index (κ2) is 11.2. The van der Waals surface area contributed by atoms with Gasteiger partial charge in [0, 0.05) is 0 Å². The van der Waals surface area contributed by atoms with Crippen LogP contribution in [-0.4, -0.2) is 0 Å². The average Bonchev–Trinajstić information content (AvgIpc) is 2.67. The maximum absolute atomic E-state index is 3.19. The molecule has 2 heteroatoms. The van der Waals surface area contributed by atoms with Gasteiger partial charge in [-0.15, -0.1) is 26.7 Å². The predicted molar refractivity (Wildman–Crippen MR) is 68.0 cm³/mol. The Hall–Kier alpha value is 0.133. The molecule has 0 aromatic rings. The maximum atomic E-state index is 3.19. The summed E-state index contributed by atoms with van der Waals surface area (Å²) in [4.78, 5) is 0. The van der Waals surface area contributed by atoms with Crippen molar-refractivity contribution in [1.29, 1.82) is 0 Å². The molecule has 2 rings (SSSR count). The van der Waals surface area contributed by atoms with Gasteiger partial charge in [0.05, 0.1) is 0 Å². The van der Waals surface area contributed by atoms with Crippen LogP contribution in [0.5, 0.6) is 0 Å². The first-order valence-electron chi connectivity index (χ1n) is 5.10. The molecule has 92 valence electrons. The molecule has 0 bridgehead atoms. The normalized spacial score (nSPS) is 15.8. The second-order valence-corrected chi connectivity index (χ2v) is 3.79. The van der Waals surface area contributed by atoms with Crippen molar-refractivity contribution in [3.05, 3.63) is 54.0 Å². The summed E-state index contributed by atoms with van der Waals surface area (Å²) in [5, 5.41) is 0. The van der Waals surface area contributed by atoms with Gasteiger partial charge < -0.3 is 19.8 Å². The van der Waals surface area contributed by atoms with Gasteiger partial charge in [0.15, 0.2) is 0 Å². The Kier molecular flexibility index (Phi) is 14.8. The van der Waals surface area contributed by atoms with Crippen molar-refractivity contribution in [3.63, 3.8) is 0 Å². The topological polar surface area (TPSA) is 0 Å². The van der Waals surface area contributed by atoms with Gasteiger partial charge >= 0.3 is 26.2 Å². The molecule has 17 heavy (non-hydrogen) atoms. The number of halogens is 1. The summed E-state index contributed by atoms with van der Waals surface area (Å²) in [6.45, 7) is 8.43. The summed E-state index contributed by atoms with van der Waals surface area (Å²) in [5.74, 6) is 0. The van der Waals surface area contributed by atoms with Gasteiger partial charge in [0.25, 0.3) is 0 Å². The Morgan fingerprint density at radius 2 is 1.12 bits per heavy atom. The van der Waals surface area contributed by atoms with Crippen LogP contribution in [0.2, 0.25) is 0 Å². The van der Waals surface area contributed by atoms with Crippen LogP contribution in [0.15, 0.2) is 34.4 Å². The van der Waals surface area contributed by atoms with Crippen LogP contribution >= 0.6 is 0 Å². The first kappa shape index (κ1) is 22.3. The van der Waals surface area contributed by atoms with Crippen molar-refractivity contribution in [2.75, 3.05) is 0 Å². The summed E-state index contributed by atoms with van der Waals surface area (Å²) < 4.78 is 0. The van der Waals surface area contributed by atoms with Gasteiger partial charge in [-0.05, 0) is 0 Å². The average molecular weight is 328 g/mol. The van der Waals surface area contributed by atoms with Gasteiger partial charge in [-0.1, -0.05) is 13.8 Å². The molecule has 0 nitrogen and oxygen atoms in total. The Morgan fingerprint density at radius 1 is 0.824 bits per heavy atom. The maximum Gasteiger partial charge on any atom is 4.00 e. The van der Waals surface area contributed by atoms with Gasteiger partial charge in [0.2, 0.25) is 0 Å². The molecule has 0 saturated carbocycles. The fourth-order valence-corrected chi connectivity index (χ4v) is 1.30. The van der Waals surface area contributed by atoms with E-state index in [1.54, 1.807) is 0 Å². The predicted octanol–water partition coefficient (Wildman–Crippen LogP) is 1.62. The zero-order valence-electron chi connectivity index (χ0n) is 11.4. The van der Waals surface area contributed by atoms with Crippen molar-refractivity contribution >= 4 is 0 Å². The quantitative estimate of drug-likeness (QED) is 0.593. The van der Waals surface area contributed by atoms with E-state index >= 15 is 0 Å². The summed E-state index contributed by atoms with van der Waals surface area (Å²) in [6, 6.07) is 0. The summed E-state index contributed by atoms with van der Waals surface area (Å²) in [7, 11) is 0. The van der Waals surface area contributed by atoms with Crippen LogP contribution in [0.25, 0.3) is 0 Å². The van der Waals surface area contributed by atoms with Crippen molar-refractivity contribution in [1.82, 2.24) is 0 Å². The molecule has 0 spiro atoms. The van der Waals surface area contributed by atoms with E-state index in [0.29, 0.717) is 0 Å². The minimum atomic E-state index is 0.